The van der Waals surface area contributed by atoms with Crippen LogP contribution in [-0.4, -0.2) is 16.2 Å². The van der Waals surface area contributed by atoms with Crippen molar-refractivity contribution in [1.29, 1.82) is 0 Å². The van der Waals surface area contributed by atoms with Crippen molar-refractivity contribution in [3.8, 4) is 0 Å². The monoisotopic (exact) mass is 259 g/mol. The van der Waals surface area contributed by atoms with Gasteiger partial charge in [-0.2, -0.15) is 5.10 Å². The minimum absolute atomic E-state index is 0.144. The number of nitrogens with zero attached hydrogens (tertiary/aromatic N) is 2. The molecule has 4 nitrogen and oxygen atoms in total. The highest BCUT2D eigenvalue weighted by Crippen LogP contribution is 2.21. The number of hydrazone groups is 1. The van der Waals surface area contributed by atoms with E-state index in [1.807, 2.05) is 41.1 Å². The number of hydrogen-bond donors (Lipinski definition) is 1. The Morgan fingerprint density at radius 2 is 2.06 bits per heavy atom. The Hall–Kier alpha value is -2.07. The van der Waals surface area contributed by atoms with Crippen LogP contribution in [0, 0.1) is 0 Å². The predicted octanol–water partition coefficient (Wildman–Crippen LogP) is 2.02. The molecule has 1 aromatic carbocycles. The highest BCUT2D eigenvalue weighted by molar-refractivity contribution is 6.35. The predicted molar refractivity (Wildman–Crippen MR) is 69.7 cm³/mol. The van der Waals surface area contributed by atoms with Crippen molar-refractivity contribution in [2.75, 3.05) is 0 Å². The summed E-state index contributed by atoms with van der Waals surface area (Å²) in [6, 6.07) is 11.3. The van der Waals surface area contributed by atoms with Crippen LogP contribution < -0.4 is 5.43 Å². The molecule has 2 heterocycles. The van der Waals surface area contributed by atoms with E-state index < -0.39 is 0 Å². The average Bonchev–Trinajstić information content (AvgIpc) is 2.74. The summed E-state index contributed by atoms with van der Waals surface area (Å²) in [5.41, 5.74) is 4.88. The second kappa shape index (κ2) is 4.31. The van der Waals surface area contributed by atoms with E-state index in [2.05, 4.69) is 10.5 Å². The maximum absolute atomic E-state index is 11.5. The first-order chi connectivity index (χ1) is 8.75. The van der Waals surface area contributed by atoms with E-state index in [-0.39, 0.29) is 12.5 Å². The number of fused-ring (bicyclic) bond motifs is 1. The Kier molecular flexibility index (Phi) is 2.64. The number of carbonyl (C=O) groups excluding carboxylic acids is 1. The smallest absolute Gasteiger partial charge is 0.260 e. The zero-order valence-corrected chi connectivity index (χ0v) is 10.2. The zero-order chi connectivity index (χ0) is 12.5. The summed E-state index contributed by atoms with van der Waals surface area (Å²) in [5, 5.41) is 4.77. The first kappa shape index (κ1) is 11.0. The number of carbonyl (C=O) groups is 1. The molecule has 18 heavy (non-hydrogen) atoms. The van der Waals surface area contributed by atoms with Crippen LogP contribution in [0.4, 0.5) is 0 Å². The summed E-state index contributed by atoms with van der Waals surface area (Å²) < 4.78 is 1.85. The molecule has 1 aliphatic heterocycles. The normalized spacial score (nSPS) is 14.5. The molecule has 0 spiro atoms. The van der Waals surface area contributed by atoms with Gasteiger partial charge in [0.15, 0.2) is 0 Å². The van der Waals surface area contributed by atoms with E-state index in [4.69, 9.17) is 11.6 Å². The number of rotatable bonds is 1. The maximum atomic E-state index is 11.5. The second-order valence-corrected chi connectivity index (χ2v) is 4.40. The van der Waals surface area contributed by atoms with Gasteiger partial charge in [0.25, 0.3) is 5.91 Å². The first-order valence-corrected chi connectivity index (χ1v) is 5.90. The fourth-order valence-electron chi connectivity index (χ4n) is 1.98. The van der Waals surface area contributed by atoms with E-state index in [1.54, 1.807) is 6.07 Å². The molecule has 1 N–H and O–H groups in total. The molecule has 0 bridgehead atoms. The Labute approximate surface area is 109 Å². The average molecular weight is 260 g/mol. The van der Waals surface area contributed by atoms with Crippen LogP contribution in [0.2, 0.25) is 5.02 Å². The van der Waals surface area contributed by atoms with Gasteiger partial charge in [0, 0.05) is 11.8 Å². The molecule has 5 heteroatoms. The molecule has 0 saturated heterocycles. The van der Waals surface area contributed by atoms with Crippen molar-refractivity contribution >= 4 is 23.2 Å². The largest absolute Gasteiger partial charge is 0.337 e. The van der Waals surface area contributed by atoms with E-state index in [1.165, 1.54) is 0 Å². The molecule has 0 unspecified atom stereocenters. The van der Waals surface area contributed by atoms with E-state index in [0.29, 0.717) is 10.7 Å². The Morgan fingerprint density at radius 3 is 2.89 bits per heavy atom. The number of benzene rings is 1. The third-order valence-electron chi connectivity index (χ3n) is 2.81. The van der Waals surface area contributed by atoms with Gasteiger partial charge >= 0.3 is 0 Å². The summed E-state index contributed by atoms with van der Waals surface area (Å²) in [4.78, 5) is 11.5. The van der Waals surface area contributed by atoms with Crippen molar-refractivity contribution in [2.45, 2.75) is 6.54 Å². The highest BCUT2D eigenvalue weighted by Gasteiger charge is 2.18. The lowest BCUT2D eigenvalue weighted by molar-refractivity contribution is -0.121. The second-order valence-electron chi connectivity index (χ2n) is 4.00. The first-order valence-electron chi connectivity index (χ1n) is 5.52. The SMILES string of the molecule is O=C1Cn2cccc2C(c2ccccc2Cl)=NN1. The lowest BCUT2D eigenvalue weighted by Crippen LogP contribution is -2.20. The fourth-order valence-corrected chi connectivity index (χ4v) is 2.21. The number of hydrogen-bond acceptors (Lipinski definition) is 2. The Bertz CT molecular complexity index is 645. The van der Waals surface area contributed by atoms with Gasteiger partial charge in [-0.15, -0.1) is 0 Å². The molecule has 1 aliphatic rings. The minimum Gasteiger partial charge on any atom is -0.337 e. The van der Waals surface area contributed by atoms with Crippen molar-refractivity contribution in [3.05, 3.63) is 58.9 Å². The van der Waals surface area contributed by atoms with Gasteiger partial charge in [0.1, 0.15) is 12.3 Å². The van der Waals surface area contributed by atoms with Gasteiger partial charge in [-0.1, -0.05) is 29.8 Å². The van der Waals surface area contributed by atoms with Gasteiger partial charge in [-0.3, -0.25) is 4.79 Å². The Balaban J connectivity index is 2.18. The molecule has 3 rings (SSSR count). The van der Waals surface area contributed by atoms with Crippen LogP contribution in [-0.2, 0) is 11.3 Å². The van der Waals surface area contributed by atoms with Crippen LogP contribution in [0.5, 0.6) is 0 Å². The molecular weight excluding hydrogens is 250 g/mol. The number of aromatic nitrogens is 1. The van der Waals surface area contributed by atoms with E-state index >= 15 is 0 Å². The number of nitrogens with one attached hydrogen (secondary N) is 1. The zero-order valence-electron chi connectivity index (χ0n) is 9.43. The van der Waals surface area contributed by atoms with Gasteiger partial charge < -0.3 is 4.57 Å². The molecular formula is C13H10ClN3O. The molecule has 1 aromatic heterocycles. The van der Waals surface area contributed by atoms with Crippen molar-refractivity contribution in [3.63, 3.8) is 0 Å². The van der Waals surface area contributed by atoms with Crippen LogP contribution in [0.25, 0.3) is 0 Å². The maximum Gasteiger partial charge on any atom is 0.260 e. The lowest BCUT2D eigenvalue weighted by Gasteiger charge is -2.07. The van der Waals surface area contributed by atoms with Crippen LogP contribution in [0.15, 0.2) is 47.7 Å². The summed E-state index contributed by atoms with van der Waals surface area (Å²) in [6.45, 7) is 0.264. The summed E-state index contributed by atoms with van der Waals surface area (Å²) in [7, 11) is 0. The number of amides is 1. The molecule has 1 amide bonds. The minimum atomic E-state index is -0.144. The molecule has 90 valence electrons. The van der Waals surface area contributed by atoms with Crippen molar-refractivity contribution < 1.29 is 4.79 Å². The van der Waals surface area contributed by atoms with Crippen LogP contribution in [0.3, 0.4) is 0 Å². The standard InChI is InChI=1S/C13H10ClN3O/c14-10-5-2-1-4-9(10)13-11-6-3-7-17(11)8-12(18)15-16-13/h1-7H,8H2,(H,15,18). The molecule has 0 radical (unpaired) electrons. The van der Waals surface area contributed by atoms with Crippen molar-refractivity contribution in [1.82, 2.24) is 9.99 Å². The molecule has 2 aromatic rings. The quantitative estimate of drug-likeness (QED) is 0.837. The summed E-state index contributed by atoms with van der Waals surface area (Å²) >= 11 is 6.18. The Morgan fingerprint density at radius 1 is 1.22 bits per heavy atom. The molecule has 0 atom stereocenters. The molecule has 0 fully saturated rings. The van der Waals surface area contributed by atoms with Crippen molar-refractivity contribution in [2.24, 2.45) is 5.10 Å². The molecule has 0 saturated carbocycles. The third kappa shape index (κ3) is 1.80. The van der Waals surface area contributed by atoms with Crippen LogP contribution in [0.1, 0.15) is 11.3 Å². The van der Waals surface area contributed by atoms with E-state index in [0.717, 1.165) is 11.3 Å². The van der Waals surface area contributed by atoms with Gasteiger partial charge in [0.2, 0.25) is 0 Å². The third-order valence-corrected chi connectivity index (χ3v) is 3.14. The van der Waals surface area contributed by atoms with Gasteiger partial charge in [-0.25, -0.2) is 5.43 Å². The summed E-state index contributed by atoms with van der Waals surface area (Å²) in [5.74, 6) is -0.144. The summed E-state index contributed by atoms with van der Waals surface area (Å²) in [6.07, 6.45) is 1.85. The number of halogens is 1. The highest BCUT2D eigenvalue weighted by atomic mass is 35.5. The molecule has 0 aliphatic carbocycles. The lowest BCUT2D eigenvalue weighted by atomic mass is 10.1. The van der Waals surface area contributed by atoms with E-state index in [9.17, 15) is 4.79 Å². The topological polar surface area (TPSA) is 46.4 Å². The van der Waals surface area contributed by atoms with Gasteiger partial charge in [0.05, 0.1) is 10.7 Å². The van der Waals surface area contributed by atoms with Crippen LogP contribution >= 0.6 is 11.6 Å². The van der Waals surface area contributed by atoms with Gasteiger partial charge in [-0.05, 0) is 18.2 Å². The fraction of sp³-hybridized carbons (Fsp3) is 0.0769.